The van der Waals surface area contributed by atoms with Gasteiger partial charge in [0.25, 0.3) is 0 Å². The van der Waals surface area contributed by atoms with Crippen LogP contribution in [-0.2, 0) is 0 Å². The fourth-order valence-electron chi connectivity index (χ4n) is 3.16. The zero-order chi connectivity index (χ0) is 23.5. The van der Waals surface area contributed by atoms with Gasteiger partial charge in [-0.15, -0.1) is 5.10 Å². The van der Waals surface area contributed by atoms with Crippen molar-refractivity contribution in [1.82, 2.24) is 24.7 Å². The Morgan fingerprint density at radius 3 is 2.58 bits per heavy atom. The van der Waals surface area contributed by atoms with Crippen molar-refractivity contribution in [1.29, 1.82) is 0 Å². The number of aromatic carboxylic acids is 1. The maximum atomic E-state index is 10.9. The molecule has 1 aromatic carbocycles. The van der Waals surface area contributed by atoms with Gasteiger partial charge in [0.2, 0.25) is 0 Å². The van der Waals surface area contributed by atoms with Crippen molar-refractivity contribution in [3.05, 3.63) is 75.4 Å². The predicted octanol–water partition coefficient (Wildman–Crippen LogP) is 6.33. The van der Waals surface area contributed by atoms with Crippen LogP contribution in [0, 0.1) is 0 Å². The molecule has 0 aliphatic rings. The van der Waals surface area contributed by atoms with Crippen LogP contribution in [0.5, 0.6) is 5.75 Å². The minimum Gasteiger partial charge on any atom is -0.486 e. The summed E-state index contributed by atoms with van der Waals surface area (Å²) in [5.74, 6) is -0.488. The van der Waals surface area contributed by atoms with Gasteiger partial charge in [-0.2, -0.15) is 10.2 Å². The van der Waals surface area contributed by atoms with E-state index in [9.17, 15) is 4.79 Å². The molecule has 0 amide bonds. The number of halogens is 3. The van der Waals surface area contributed by atoms with E-state index in [1.165, 1.54) is 18.5 Å². The van der Waals surface area contributed by atoms with Gasteiger partial charge >= 0.3 is 5.97 Å². The maximum absolute atomic E-state index is 10.9. The average molecular weight is 614 g/mol. The molecule has 2 atom stereocenters. The van der Waals surface area contributed by atoms with Gasteiger partial charge in [-0.3, -0.25) is 4.98 Å². The number of nitrogens with zero attached hydrogens (tertiary/aromatic N) is 5. The van der Waals surface area contributed by atoms with E-state index in [2.05, 4.69) is 42.3 Å². The SMILES string of the molecule is CC(Oc1ccc2c(c1)c(/C=C/c1ccc(C(=O)O)nn1)nn2PI)c1c(Cl)cncc1Cl. The van der Waals surface area contributed by atoms with Crippen LogP contribution >= 0.6 is 51.6 Å². The van der Waals surface area contributed by atoms with Crippen molar-refractivity contribution in [3.8, 4) is 5.75 Å². The van der Waals surface area contributed by atoms with Crippen LogP contribution in [0.15, 0.2) is 42.7 Å². The highest BCUT2D eigenvalue weighted by Gasteiger charge is 2.17. The summed E-state index contributed by atoms with van der Waals surface area (Å²) >= 11 is 14.8. The molecule has 0 bridgehead atoms. The van der Waals surface area contributed by atoms with Crippen LogP contribution in [0.3, 0.4) is 0 Å². The lowest BCUT2D eigenvalue weighted by Gasteiger charge is -2.17. The third-order valence-electron chi connectivity index (χ3n) is 4.69. The summed E-state index contributed by atoms with van der Waals surface area (Å²) in [5, 5.41) is 23.0. The van der Waals surface area contributed by atoms with Gasteiger partial charge in [0.15, 0.2) is 5.69 Å². The number of hydrogen-bond donors (Lipinski definition) is 1. The Kier molecular flexibility index (Phi) is 7.43. The van der Waals surface area contributed by atoms with Gasteiger partial charge in [0.05, 0.1) is 33.3 Å². The van der Waals surface area contributed by atoms with Gasteiger partial charge in [-0.05, 0) is 71.4 Å². The third-order valence-corrected chi connectivity index (χ3v) is 7.16. The Morgan fingerprint density at radius 2 is 1.94 bits per heavy atom. The number of pyridine rings is 1. The minimum atomic E-state index is -1.12. The van der Waals surface area contributed by atoms with Crippen LogP contribution in [0.1, 0.15) is 40.5 Å². The highest BCUT2D eigenvalue weighted by molar-refractivity contribution is 14.2. The second-order valence-corrected chi connectivity index (χ2v) is 9.67. The molecule has 3 heterocycles. The van der Waals surface area contributed by atoms with E-state index >= 15 is 0 Å². The lowest BCUT2D eigenvalue weighted by Crippen LogP contribution is -2.05. The molecule has 4 aromatic rings. The average Bonchev–Trinajstić information content (AvgIpc) is 3.15. The summed E-state index contributed by atoms with van der Waals surface area (Å²) < 4.78 is 8.03. The second-order valence-electron chi connectivity index (χ2n) is 6.82. The first-order chi connectivity index (χ1) is 15.9. The van der Waals surface area contributed by atoms with Crippen molar-refractivity contribution in [3.63, 3.8) is 0 Å². The zero-order valence-electron chi connectivity index (χ0n) is 16.9. The topological polar surface area (TPSA) is 103 Å². The van der Waals surface area contributed by atoms with Crippen molar-refractivity contribution >= 4 is 80.6 Å². The summed E-state index contributed by atoms with van der Waals surface area (Å²) in [7, 11) is 0. The summed E-state index contributed by atoms with van der Waals surface area (Å²) in [6, 6.07) is 8.73. The van der Waals surface area contributed by atoms with E-state index in [4.69, 9.17) is 33.0 Å². The normalized spacial score (nSPS) is 12.7. The van der Waals surface area contributed by atoms with Gasteiger partial charge in [0, 0.05) is 23.3 Å². The molecule has 33 heavy (non-hydrogen) atoms. The Hall–Kier alpha value is -2.33. The molecule has 0 radical (unpaired) electrons. The Bertz CT molecular complexity index is 1340. The summed E-state index contributed by atoms with van der Waals surface area (Å²) in [5.41, 5.74) is 2.74. The number of carboxylic acids is 1. The van der Waals surface area contributed by atoms with Crippen LogP contribution in [0.25, 0.3) is 23.1 Å². The summed E-state index contributed by atoms with van der Waals surface area (Å²) in [4.78, 5) is 14.9. The number of carbonyl (C=O) groups is 1. The molecule has 0 aliphatic heterocycles. The lowest BCUT2D eigenvalue weighted by atomic mass is 10.1. The quantitative estimate of drug-likeness (QED) is 0.192. The molecule has 0 fully saturated rings. The first kappa shape index (κ1) is 23.8. The summed E-state index contributed by atoms with van der Waals surface area (Å²) in [6.07, 6.45) is 6.62. The molecule has 1 N–H and O–H groups in total. The zero-order valence-corrected chi connectivity index (χ0v) is 21.6. The number of fused-ring (bicyclic) bond motifs is 1. The van der Waals surface area contributed by atoms with Gasteiger partial charge in [-0.25, -0.2) is 9.25 Å². The highest BCUT2D eigenvalue weighted by Crippen LogP contribution is 2.36. The first-order valence-corrected chi connectivity index (χ1v) is 14.3. The van der Waals surface area contributed by atoms with Gasteiger partial charge < -0.3 is 9.84 Å². The molecule has 3 aromatic heterocycles. The lowest BCUT2D eigenvalue weighted by molar-refractivity contribution is 0.0689. The highest BCUT2D eigenvalue weighted by atomic mass is 127. The van der Waals surface area contributed by atoms with Crippen molar-refractivity contribution in [2.75, 3.05) is 0 Å². The fourth-order valence-corrected chi connectivity index (χ4v) is 5.37. The monoisotopic (exact) mass is 613 g/mol. The van der Waals surface area contributed by atoms with Crippen LogP contribution in [0.2, 0.25) is 10.0 Å². The molecule has 8 nitrogen and oxygen atoms in total. The van der Waals surface area contributed by atoms with Crippen molar-refractivity contribution < 1.29 is 14.6 Å². The third kappa shape index (κ3) is 5.27. The molecule has 168 valence electrons. The molecule has 0 aliphatic carbocycles. The van der Waals surface area contributed by atoms with Gasteiger partial charge in [0.1, 0.15) is 11.9 Å². The first-order valence-electron chi connectivity index (χ1n) is 9.47. The molecule has 2 unspecified atom stereocenters. The van der Waals surface area contributed by atoms with E-state index in [-0.39, 0.29) is 5.69 Å². The molecule has 4 rings (SSSR count). The molecule has 0 saturated heterocycles. The minimum absolute atomic E-state index is 0.113. The van der Waals surface area contributed by atoms with Crippen LogP contribution < -0.4 is 4.74 Å². The maximum Gasteiger partial charge on any atom is 0.356 e. The summed E-state index contributed by atoms with van der Waals surface area (Å²) in [6.45, 7) is 1.87. The number of benzene rings is 1. The Labute approximate surface area is 213 Å². The van der Waals surface area contributed by atoms with E-state index in [0.717, 1.165) is 16.6 Å². The number of rotatable bonds is 7. The van der Waals surface area contributed by atoms with E-state index in [1.807, 2.05) is 35.7 Å². The number of hydrogen-bond acceptors (Lipinski definition) is 6. The number of ether oxygens (including phenoxy) is 1. The van der Waals surface area contributed by atoms with Crippen LogP contribution in [-0.4, -0.2) is 35.8 Å². The molecular formula is C21H15Cl2IN5O3P. The van der Waals surface area contributed by atoms with E-state index in [0.29, 0.717) is 33.4 Å². The van der Waals surface area contributed by atoms with Gasteiger partial charge in [-0.1, -0.05) is 23.2 Å². The Balaban J connectivity index is 1.65. The van der Waals surface area contributed by atoms with Crippen molar-refractivity contribution in [2.45, 2.75) is 13.0 Å². The molecular weight excluding hydrogens is 599 g/mol. The van der Waals surface area contributed by atoms with E-state index < -0.39 is 12.1 Å². The smallest absolute Gasteiger partial charge is 0.356 e. The Morgan fingerprint density at radius 1 is 1.18 bits per heavy atom. The van der Waals surface area contributed by atoms with Crippen molar-refractivity contribution in [2.24, 2.45) is 0 Å². The fraction of sp³-hybridized carbons (Fsp3) is 0.0952. The second kappa shape index (κ2) is 10.3. The van der Waals surface area contributed by atoms with Crippen LogP contribution in [0.4, 0.5) is 0 Å². The molecule has 0 spiro atoms. The number of aromatic nitrogens is 5. The standard InChI is InChI=1S/C21H15Cl2IN5O3P/c1-11(20-15(22)9-25-10-16(20)23)32-13-4-7-19-14(8-13)17(28-29(19)33-24)5-2-12-3-6-18(21(30)31)27-26-12/h2-11,33H,1H3,(H,30,31)/b5-2+. The largest absolute Gasteiger partial charge is 0.486 e. The molecule has 0 saturated carbocycles. The predicted molar refractivity (Wildman–Crippen MR) is 139 cm³/mol. The van der Waals surface area contributed by atoms with E-state index in [1.54, 1.807) is 12.1 Å². The molecule has 12 heteroatoms. The number of carboxylic acid groups (broad SMARTS) is 1.